The molecule has 0 amide bonds. The molecule has 0 bridgehead atoms. The zero-order valence-corrected chi connectivity index (χ0v) is 10.1. The summed E-state index contributed by atoms with van der Waals surface area (Å²) in [5.74, 6) is 0. The first-order chi connectivity index (χ1) is 7.34. The first-order valence-corrected chi connectivity index (χ1v) is 6.52. The molecule has 1 N–H and O–H groups in total. The number of allylic oxidation sites excluding steroid dienone is 1. The van der Waals surface area contributed by atoms with Crippen molar-refractivity contribution < 1.29 is 0 Å². The van der Waals surface area contributed by atoms with Crippen molar-refractivity contribution in [3.63, 3.8) is 0 Å². The first kappa shape index (κ1) is 10.8. The second kappa shape index (κ2) is 5.42. The number of nitrogens with one attached hydrogen (secondary N) is 1. The lowest BCUT2D eigenvalue weighted by molar-refractivity contribution is 0.667. The van der Waals surface area contributed by atoms with Crippen LogP contribution in [0.3, 0.4) is 0 Å². The Morgan fingerprint density at radius 2 is 2.47 bits per heavy atom. The molecule has 0 unspecified atom stereocenters. The maximum absolute atomic E-state index is 4.42. The van der Waals surface area contributed by atoms with E-state index in [1.54, 1.807) is 16.9 Å². The number of aryl methyl sites for hydroxylation is 1. The average molecular weight is 222 g/mol. The molecule has 0 fully saturated rings. The standard InChI is InChI=1S/C12H18N2S/c1-10-14-12(9-15-10)8-13-7-6-11-4-2-3-5-11/h4,9,13H,2-3,5-8H2,1H3. The van der Waals surface area contributed by atoms with Crippen LogP contribution in [0.15, 0.2) is 17.0 Å². The summed E-state index contributed by atoms with van der Waals surface area (Å²) >= 11 is 1.73. The number of thiazole rings is 1. The Bertz CT molecular complexity index is 341. The number of aromatic nitrogens is 1. The van der Waals surface area contributed by atoms with E-state index in [-0.39, 0.29) is 0 Å². The SMILES string of the molecule is Cc1nc(CNCCC2=CCCC2)cs1. The smallest absolute Gasteiger partial charge is 0.0897 e. The van der Waals surface area contributed by atoms with E-state index >= 15 is 0 Å². The van der Waals surface area contributed by atoms with Crippen LogP contribution in [0, 0.1) is 6.92 Å². The van der Waals surface area contributed by atoms with Gasteiger partial charge in [-0.25, -0.2) is 4.98 Å². The van der Waals surface area contributed by atoms with Gasteiger partial charge in [-0.15, -0.1) is 11.3 Å². The molecule has 0 aliphatic heterocycles. The Morgan fingerprint density at radius 1 is 1.53 bits per heavy atom. The lowest BCUT2D eigenvalue weighted by Crippen LogP contribution is -2.15. The van der Waals surface area contributed by atoms with E-state index in [1.165, 1.54) is 31.4 Å². The molecular formula is C12H18N2S. The fourth-order valence-electron chi connectivity index (χ4n) is 1.92. The van der Waals surface area contributed by atoms with Gasteiger partial charge in [0.25, 0.3) is 0 Å². The molecule has 1 aliphatic rings. The Labute approximate surface area is 95.4 Å². The Kier molecular flexibility index (Phi) is 3.92. The second-order valence-corrected chi connectivity index (χ2v) is 5.10. The highest BCUT2D eigenvalue weighted by Crippen LogP contribution is 2.19. The Hall–Kier alpha value is -0.670. The minimum atomic E-state index is 0.914. The van der Waals surface area contributed by atoms with Crippen LogP contribution in [0.5, 0.6) is 0 Å². The summed E-state index contributed by atoms with van der Waals surface area (Å²) in [7, 11) is 0. The molecule has 0 spiro atoms. The van der Waals surface area contributed by atoms with Crippen molar-refractivity contribution in [1.29, 1.82) is 0 Å². The summed E-state index contributed by atoms with van der Waals surface area (Å²) in [6.07, 6.45) is 7.58. The minimum Gasteiger partial charge on any atom is -0.311 e. The van der Waals surface area contributed by atoms with Crippen LogP contribution >= 0.6 is 11.3 Å². The van der Waals surface area contributed by atoms with Crippen LogP contribution in [0.2, 0.25) is 0 Å². The van der Waals surface area contributed by atoms with Crippen LogP contribution in [0.1, 0.15) is 36.4 Å². The summed E-state index contributed by atoms with van der Waals surface area (Å²) in [5.41, 5.74) is 2.81. The molecule has 0 radical (unpaired) electrons. The van der Waals surface area contributed by atoms with Gasteiger partial charge in [-0.3, -0.25) is 0 Å². The van der Waals surface area contributed by atoms with E-state index in [4.69, 9.17) is 0 Å². The second-order valence-electron chi connectivity index (χ2n) is 4.04. The third-order valence-electron chi connectivity index (χ3n) is 2.73. The van der Waals surface area contributed by atoms with E-state index in [9.17, 15) is 0 Å². The third kappa shape index (κ3) is 3.43. The molecule has 0 saturated heterocycles. The monoisotopic (exact) mass is 222 g/mol. The van der Waals surface area contributed by atoms with Crippen molar-refractivity contribution in [1.82, 2.24) is 10.3 Å². The van der Waals surface area contributed by atoms with E-state index in [1.807, 2.05) is 0 Å². The summed E-state index contributed by atoms with van der Waals surface area (Å²) in [6, 6.07) is 0. The van der Waals surface area contributed by atoms with Gasteiger partial charge in [0, 0.05) is 11.9 Å². The highest BCUT2D eigenvalue weighted by atomic mass is 32.1. The molecule has 1 aromatic rings. The molecule has 1 heterocycles. The van der Waals surface area contributed by atoms with Crippen molar-refractivity contribution in [2.24, 2.45) is 0 Å². The number of hydrogen-bond donors (Lipinski definition) is 1. The fraction of sp³-hybridized carbons (Fsp3) is 0.583. The summed E-state index contributed by atoms with van der Waals surface area (Å²) in [6.45, 7) is 4.05. The maximum Gasteiger partial charge on any atom is 0.0897 e. The molecule has 1 aromatic heterocycles. The fourth-order valence-corrected chi connectivity index (χ4v) is 2.53. The molecule has 15 heavy (non-hydrogen) atoms. The van der Waals surface area contributed by atoms with Crippen LogP contribution in [-0.2, 0) is 6.54 Å². The van der Waals surface area contributed by atoms with E-state index < -0.39 is 0 Å². The van der Waals surface area contributed by atoms with Crippen molar-refractivity contribution in [3.05, 3.63) is 27.7 Å². The Morgan fingerprint density at radius 3 is 3.13 bits per heavy atom. The summed E-state index contributed by atoms with van der Waals surface area (Å²) in [4.78, 5) is 4.42. The van der Waals surface area contributed by atoms with Gasteiger partial charge < -0.3 is 5.32 Å². The van der Waals surface area contributed by atoms with Gasteiger partial charge in [0.1, 0.15) is 0 Å². The molecule has 82 valence electrons. The molecular weight excluding hydrogens is 204 g/mol. The highest BCUT2D eigenvalue weighted by molar-refractivity contribution is 7.09. The quantitative estimate of drug-likeness (QED) is 0.612. The van der Waals surface area contributed by atoms with Crippen LogP contribution in [0.25, 0.3) is 0 Å². The molecule has 2 rings (SSSR count). The van der Waals surface area contributed by atoms with Gasteiger partial charge in [-0.2, -0.15) is 0 Å². The number of nitrogens with zero attached hydrogens (tertiary/aromatic N) is 1. The van der Waals surface area contributed by atoms with Gasteiger partial charge >= 0.3 is 0 Å². The van der Waals surface area contributed by atoms with Crippen molar-refractivity contribution in [3.8, 4) is 0 Å². The van der Waals surface area contributed by atoms with E-state index in [2.05, 4.69) is 28.7 Å². The van der Waals surface area contributed by atoms with Crippen LogP contribution < -0.4 is 5.32 Å². The molecule has 0 saturated carbocycles. The molecule has 3 heteroatoms. The normalized spacial score (nSPS) is 15.7. The average Bonchev–Trinajstić information content (AvgIpc) is 2.84. The maximum atomic E-state index is 4.42. The predicted molar refractivity (Wildman–Crippen MR) is 65.1 cm³/mol. The molecule has 2 nitrogen and oxygen atoms in total. The van der Waals surface area contributed by atoms with E-state index in [0.29, 0.717) is 0 Å². The lowest BCUT2D eigenvalue weighted by atomic mass is 10.2. The van der Waals surface area contributed by atoms with Crippen molar-refractivity contribution >= 4 is 11.3 Å². The summed E-state index contributed by atoms with van der Waals surface area (Å²) in [5, 5.41) is 6.74. The van der Waals surface area contributed by atoms with Gasteiger partial charge in [0.05, 0.1) is 10.7 Å². The van der Waals surface area contributed by atoms with Gasteiger partial charge in [-0.1, -0.05) is 11.6 Å². The van der Waals surface area contributed by atoms with Crippen LogP contribution in [0.4, 0.5) is 0 Å². The zero-order chi connectivity index (χ0) is 10.5. The first-order valence-electron chi connectivity index (χ1n) is 5.64. The predicted octanol–water partition coefficient (Wildman–Crippen LogP) is 3.04. The van der Waals surface area contributed by atoms with E-state index in [0.717, 1.165) is 18.1 Å². The van der Waals surface area contributed by atoms with Crippen molar-refractivity contribution in [2.75, 3.05) is 6.54 Å². The lowest BCUT2D eigenvalue weighted by Gasteiger charge is -2.03. The number of hydrogen-bond acceptors (Lipinski definition) is 3. The molecule has 1 aliphatic carbocycles. The topological polar surface area (TPSA) is 24.9 Å². The molecule has 0 atom stereocenters. The van der Waals surface area contributed by atoms with Crippen LogP contribution in [-0.4, -0.2) is 11.5 Å². The van der Waals surface area contributed by atoms with Crippen molar-refractivity contribution in [2.45, 2.75) is 39.2 Å². The van der Waals surface area contributed by atoms with Gasteiger partial charge in [0.15, 0.2) is 0 Å². The largest absolute Gasteiger partial charge is 0.311 e. The van der Waals surface area contributed by atoms with Gasteiger partial charge in [0.2, 0.25) is 0 Å². The highest BCUT2D eigenvalue weighted by Gasteiger charge is 2.03. The number of rotatable bonds is 5. The summed E-state index contributed by atoms with van der Waals surface area (Å²) < 4.78 is 0. The zero-order valence-electron chi connectivity index (χ0n) is 9.25. The Balaban J connectivity index is 1.62. The van der Waals surface area contributed by atoms with Gasteiger partial charge in [-0.05, 0) is 39.2 Å². The third-order valence-corrected chi connectivity index (χ3v) is 3.55. The minimum absolute atomic E-state index is 0.914. The molecule has 0 aromatic carbocycles.